The van der Waals surface area contributed by atoms with Gasteiger partial charge >= 0.3 is 0 Å². The highest BCUT2D eigenvalue weighted by Crippen LogP contribution is 2.32. The van der Waals surface area contributed by atoms with Gasteiger partial charge in [-0.25, -0.2) is 0 Å². The summed E-state index contributed by atoms with van der Waals surface area (Å²) in [5, 5.41) is 2.83. The molecule has 2 aromatic rings. The lowest BCUT2D eigenvalue weighted by Crippen LogP contribution is -2.23. The monoisotopic (exact) mass is 270 g/mol. The highest BCUT2D eigenvalue weighted by molar-refractivity contribution is 5.94. The molecule has 3 N–H and O–H groups in total. The molecule has 3 rings (SSSR count). The van der Waals surface area contributed by atoms with Gasteiger partial charge in [0, 0.05) is 17.8 Å². The number of carbonyl (C=O) groups excluding carboxylic acids is 1. The zero-order valence-electron chi connectivity index (χ0n) is 10.8. The average molecular weight is 270 g/mol. The first-order chi connectivity index (χ1) is 9.74. The van der Waals surface area contributed by atoms with Crippen LogP contribution in [0.5, 0.6) is 11.5 Å². The van der Waals surface area contributed by atoms with Crippen LogP contribution in [0.25, 0.3) is 0 Å². The number of amides is 1. The van der Waals surface area contributed by atoms with Crippen LogP contribution in [-0.2, 0) is 6.54 Å². The molecule has 1 aliphatic rings. The van der Waals surface area contributed by atoms with E-state index in [0.717, 1.165) is 5.56 Å². The van der Waals surface area contributed by atoms with E-state index in [4.69, 9.17) is 15.2 Å². The summed E-state index contributed by atoms with van der Waals surface area (Å²) in [6.45, 7) is 0.584. The molecule has 0 radical (unpaired) electrons. The van der Waals surface area contributed by atoms with Crippen LogP contribution >= 0.6 is 0 Å². The highest BCUT2D eigenvalue weighted by Gasteiger charge is 2.16. The molecule has 0 bridgehead atoms. The van der Waals surface area contributed by atoms with Crippen LogP contribution < -0.4 is 20.5 Å². The number of fused-ring (bicyclic) bond motifs is 1. The topological polar surface area (TPSA) is 73.6 Å². The van der Waals surface area contributed by atoms with Gasteiger partial charge < -0.3 is 20.5 Å². The molecule has 0 fully saturated rings. The van der Waals surface area contributed by atoms with Crippen molar-refractivity contribution in [2.75, 3.05) is 12.5 Å². The summed E-state index contributed by atoms with van der Waals surface area (Å²) in [6, 6.07) is 12.5. The molecule has 5 nitrogen and oxygen atoms in total. The van der Waals surface area contributed by atoms with E-state index in [9.17, 15) is 4.79 Å². The molecule has 0 saturated heterocycles. The van der Waals surface area contributed by atoms with E-state index in [1.54, 1.807) is 18.2 Å². The Morgan fingerprint density at radius 2 is 1.95 bits per heavy atom. The molecule has 1 amide bonds. The van der Waals surface area contributed by atoms with Gasteiger partial charge in [0.25, 0.3) is 5.91 Å². The Kier molecular flexibility index (Phi) is 3.16. The minimum Gasteiger partial charge on any atom is -0.454 e. The third-order valence-corrected chi connectivity index (χ3v) is 3.13. The molecule has 0 unspecified atom stereocenters. The Morgan fingerprint density at radius 3 is 2.80 bits per heavy atom. The molecular formula is C15H14N2O3. The van der Waals surface area contributed by atoms with Crippen molar-refractivity contribution in [1.29, 1.82) is 0 Å². The normalized spacial score (nSPS) is 12.2. The fraction of sp³-hybridized carbons (Fsp3) is 0.133. The van der Waals surface area contributed by atoms with Gasteiger partial charge in [0.1, 0.15) is 0 Å². The maximum absolute atomic E-state index is 12.1. The number of benzene rings is 2. The molecule has 0 aromatic heterocycles. The fourth-order valence-electron chi connectivity index (χ4n) is 2.01. The molecule has 20 heavy (non-hydrogen) atoms. The molecule has 1 aliphatic heterocycles. The molecule has 5 heteroatoms. The van der Waals surface area contributed by atoms with Gasteiger partial charge in [-0.05, 0) is 29.8 Å². The molecular weight excluding hydrogens is 256 g/mol. The number of nitrogens with two attached hydrogens (primary N) is 1. The molecule has 102 valence electrons. The lowest BCUT2D eigenvalue weighted by Gasteiger charge is -2.08. The number of nitrogen functional groups attached to an aromatic ring is 1. The number of rotatable bonds is 3. The van der Waals surface area contributed by atoms with Crippen LogP contribution in [0.3, 0.4) is 0 Å². The van der Waals surface area contributed by atoms with E-state index in [2.05, 4.69) is 5.32 Å². The smallest absolute Gasteiger partial charge is 0.251 e. The summed E-state index contributed by atoms with van der Waals surface area (Å²) in [6.07, 6.45) is 0. The average Bonchev–Trinajstić information content (AvgIpc) is 2.93. The summed E-state index contributed by atoms with van der Waals surface area (Å²) >= 11 is 0. The molecule has 0 atom stereocenters. The van der Waals surface area contributed by atoms with E-state index in [1.807, 2.05) is 24.3 Å². The number of carbonyl (C=O) groups is 1. The molecule has 2 aromatic carbocycles. The number of anilines is 1. The van der Waals surface area contributed by atoms with E-state index in [0.29, 0.717) is 29.3 Å². The first kappa shape index (κ1) is 12.3. The minimum absolute atomic E-state index is 0.174. The Hall–Kier alpha value is -2.69. The third-order valence-electron chi connectivity index (χ3n) is 3.13. The van der Waals surface area contributed by atoms with E-state index in [-0.39, 0.29) is 12.7 Å². The zero-order valence-corrected chi connectivity index (χ0v) is 10.8. The van der Waals surface area contributed by atoms with Crippen LogP contribution in [0.4, 0.5) is 5.69 Å². The summed E-state index contributed by atoms with van der Waals surface area (Å²) in [5.41, 5.74) is 7.92. The fourth-order valence-corrected chi connectivity index (χ4v) is 2.01. The maximum atomic E-state index is 12.1. The second-order valence-corrected chi connectivity index (χ2v) is 4.45. The van der Waals surface area contributed by atoms with Crippen molar-refractivity contribution >= 4 is 11.6 Å². The summed E-state index contributed by atoms with van der Waals surface area (Å²) in [5.74, 6) is 1.08. The number of para-hydroxylation sites is 1. The van der Waals surface area contributed by atoms with Gasteiger partial charge in [0.15, 0.2) is 11.5 Å². The van der Waals surface area contributed by atoms with Gasteiger partial charge in [0.05, 0.1) is 0 Å². The molecule has 0 saturated carbocycles. The standard InChI is InChI=1S/C15H14N2O3/c16-12-4-2-1-3-11(12)8-17-15(18)10-5-6-13-14(7-10)20-9-19-13/h1-7H,8-9,16H2,(H,17,18). The maximum Gasteiger partial charge on any atom is 0.251 e. The van der Waals surface area contributed by atoms with Crippen molar-refractivity contribution in [2.45, 2.75) is 6.54 Å². The highest BCUT2D eigenvalue weighted by atomic mass is 16.7. The molecule has 1 heterocycles. The summed E-state index contributed by atoms with van der Waals surface area (Å²) in [4.78, 5) is 12.1. The number of ether oxygens (including phenoxy) is 2. The predicted molar refractivity (Wildman–Crippen MR) is 74.6 cm³/mol. The Balaban J connectivity index is 1.69. The van der Waals surface area contributed by atoms with Crippen molar-refractivity contribution in [3.05, 3.63) is 53.6 Å². The van der Waals surface area contributed by atoms with Gasteiger partial charge in [0.2, 0.25) is 6.79 Å². The van der Waals surface area contributed by atoms with Crippen molar-refractivity contribution in [2.24, 2.45) is 0 Å². The lowest BCUT2D eigenvalue weighted by atomic mass is 10.1. The van der Waals surface area contributed by atoms with E-state index >= 15 is 0 Å². The first-order valence-electron chi connectivity index (χ1n) is 6.25. The van der Waals surface area contributed by atoms with Gasteiger partial charge in [-0.3, -0.25) is 4.79 Å². The van der Waals surface area contributed by atoms with Gasteiger partial charge in [-0.15, -0.1) is 0 Å². The van der Waals surface area contributed by atoms with Crippen LogP contribution in [0.2, 0.25) is 0 Å². The van der Waals surface area contributed by atoms with E-state index < -0.39 is 0 Å². The Morgan fingerprint density at radius 1 is 1.15 bits per heavy atom. The van der Waals surface area contributed by atoms with Gasteiger partial charge in [-0.1, -0.05) is 18.2 Å². The Bertz CT molecular complexity index is 655. The van der Waals surface area contributed by atoms with Gasteiger partial charge in [-0.2, -0.15) is 0 Å². The first-order valence-corrected chi connectivity index (χ1v) is 6.25. The van der Waals surface area contributed by atoms with Crippen LogP contribution in [-0.4, -0.2) is 12.7 Å². The minimum atomic E-state index is -0.174. The summed E-state index contributed by atoms with van der Waals surface area (Å²) < 4.78 is 10.5. The van der Waals surface area contributed by atoms with Crippen LogP contribution in [0, 0.1) is 0 Å². The largest absolute Gasteiger partial charge is 0.454 e. The predicted octanol–water partition coefficient (Wildman–Crippen LogP) is 1.93. The second kappa shape index (κ2) is 5.13. The second-order valence-electron chi connectivity index (χ2n) is 4.45. The van der Waals surface area contributed by atoms with Crippen LogP contribution in [0.1, 0.15) is 15.9 Å². The van der Waals surface area contributed by atoms with Crippen molar-refractivity contribution < 1.29 is 14.3 Å². The number of hydrogen-bond donors (Lipinski definition) is 2. The lowest BCUT2D eigenvalue weighted by molar-refractivity contribution is 0.0950. The number of hydrogen-bond acceptors (Lipinski definition) is 4. The van der Waals surface area contributed by atoms with E-state index in [1.165, 1.54) is 0 Å². The van der Waals surface area contributed by atoms with Crippen molar-refractivity contribution in [1.82, 2.24) is 5.32 Å². The Labute approximate surface area is 116 Å². The number of nitrogens with one attached hydrogen (secondary N) is 1. The molecule has 0 aliphatic carbocycles. The zero-order chi connectivity index (χ0) is 13.9. The van der Waals surface area contributed by atoms with Crippen molar-refractivity contribution in [3.8, 4) is 11.5 Å². The van der Waals surface area contributed by atoms with Crippen LogP contribution in [0.15, 0.2) is 42.5 Å². The summed E-state index contributed by atoms with van der Waals surface area (Å²) in [7, 11) is 0. The SMILES string of the molecule is Nc1ccccc1CNC(=O)c1ccc2c(c1)OCO2. The third kappa shape index (κ3) is 2.38. The quantitative estimate of drug-likeness (QED) is 0.836. The molecule has 0 spiro atoms. The van der Waals surface area contributed by atoms with Crippen molar-refractivity contribution in [3.63, 3.8) is 0 Å².